The van der Waals surface area contributed by atoms with Gasteiger partial charge in [-0.05, 0) is 13.0 Å². The first kappa shape index (κ1) is 14.4. The molecule has 100 valence electrons. The van der Waals surface area contributed by atoms with E-state index in [2.05, 4.69) is 16.0 Å². The quantitative estimate of drug-likeness (QED) is 0.381. The van der Waals surface area contributed by atoms with Gasteiger partial charge < -0.3 is 10.1 Å². The van der Waals surface area contributed by atoms with Crippen LogP contribution in [0.2, 0.25) is 0 Å². The van der Waals surface area contributed by atoms with Gasteiger partial charge in [-0.25, -0.2) is 9.18 Å². The van der Waals surface area contributed by atoms with Gasteiger partial charge in [-0.2, -0.15) is 0 Å². The van der Waals surface area contributed by atoms with E-state index in [1.54, 1.807) is 6.92 Å². The van der Waals surface area contributed by atoms with Crippen molar-refractivity contribution in [1.82, 2.24) is 0 Å². The second-order valence-corrected chi connectivity index (χ2v) is 3.38. The van der Waals surface area contributed by atoms with Gasteiger partial charge in [0.15, 0.2) is 5.82 Å². The molecule has 1 rings (SSSR count). The van der Waals surface area contributed by atoms with Crippen LogP contribution in [0.5, 0.6) is 0 Å². The third kappa shape index (κ3) is 3.42. The van der Waals surface area contributed by atoms with E-state index in [-0.39, 0.29) is 24.4 Å². The van der Waals surface area contributed by atoms with E-state index in [1.807, 2.05) is 0 Å². The molecule has 0 aliphatic heterocycles. The van der Waals surface area contributed by atoms with Crippen molar-refractivity contribution in [3.05, 3.63) is 33.6 Å². The molecule has 0 bridgehead atoms. The van der Waals surface area contributed by atoms with E-state index in [1.165, 1.54) is 0 Å². The van der Waals surface area contributed by atoms with E-state index in [4.69, 9.17) is 6.42 Å². The summed E-state index contributed by atoms with van der Waals surface area (Å²) in [5.74, 6) is 0.470. The lowest BCUT2D eigenvalue weighted by Crippen LogP contribution is -2.10. The standard InChI is InChI=1S/C12H11FN2O4/c1-3-5-14-10-6-8(12(16)19-4-2)11(15(17)18)7-9(10)13/h1,6-7,14H,4-5H2,2H3. The molecule has 1 aromatic rings. The van der Waals surface area contributed by atoms with E-state index < -0.39 is 22.4 Å². The first-order valence-electron chi connectivity index (χ1n) is 5.33. The highest BCUT2D eigenvalue weighted by Gasteiger charge is 2.24. The summed E-state index contributed by atoms with van der Waals surface area (Å²) in [4.78, 5) is 21.5. The molecule has 0 heterocycles. The second-order valence-electron chi connectivity index (χ2n) is 3.38. The Balaban J connectivity index is 3.27. The summed E-state index contributed by atoms with van der Waals surface area (Å²) in [5.41, 5.74) is -1.07. The number of halogens is 1. The summed E-state index contributed by atoms with van der Waals surface area (Å²) in [6, 6.07) is 1.67. The molecular formula is C12H11FN2O4. The van der Waals surface area contributed by atoms with Crippen LogP contribution in [0.15, 0.2) is 12.1 Å². The zero-order valence-corrected chi connectivity index (χ0v) is 10.1. The topological polar surface area (TPSA) is 81.5 Å². The Bertz CT molecular complexity index is 551. The molecule has 0 aromatic heterocycles. The fourth-order valence-corrected chi connectivity index (χ4v) is 1.37. The third-order valence-corrected chi connectivity index (χ3v) is 2.16. The number of ether oxygens (including phenoxy) is 1. The molecule has 0 atom stereocenters. The van der Waals surface area contributed by atoms with Crippen molar-refractivity contribution in [3.63, 3.8) is 0 Å². The molecule has 19 heavy (non-hydrogen) atoms. The molecule has 0 fully saturated rings. The summed E-state index contributed by atoms with van der Waals surface area (Å²) in [5, 5.41) is 13.3. The molecule has 6 nitrogen and oxygen atoms in total. The van der Waals surface area contributed by atoms with Crippen LogP contribution in [0.4, 0.5) is 15.8 Å². The number of nitrogens with one attached hydrogen (secondary N) is 1. The maximum atomic E-state index is 13.6. The Kier molecular flexibility index (Phi) is 4.83. The predicted octanol–water partition coefficient (Wildman–Crippen LogP) is 1.96. The van der Waals surface area contributed by atoms with Crippen molar-refractivity contribution in [1.29, 1.82) is 0 Å². The van der Waals surface area contributed by atoms with Crippen LogP contribution in [0.1, 0.15) is 17.3 Å². The number of nitro benzene ring substituents is 1. The van der Waals surface area contributed by atoms with Crippen molar-refractivity contribution < 1.29 is 18.8 Å². The Hall–Kier alpha value is -2.62. The Morgan fingerprint density at radius 2 is 2.32 bits per heavy atom. The molecule has 0 spiro atoms. The van der Waals surface area contributed by atoms with E-state index >= 15 is 0 Å². The minimum Gasteiger partial charge on any atom is -0.462 e. The average Bonchev–Trinajstić information content (AvgIpc) is 2.37. The number of benzene rings is 1. The zero-order chi connectivity index (χ0) is 14.4. The van der Waals surface area contributed by atoms with Crippen LogP contribution in [-0.2, 0) is 4.74 Å². The van der Waals surface area contributed by atoms with Crippen LogP contribution in [-0.4, -0.2) is 24.0 Å². The van der Waals surface area contributed by atoms with Gasteiger partial charge in [0.05, 0.1) is 29.8 Å². The molecule has 1 N–H and O–H groups in total. The van der Waals surface area contributed by atoms with Crippen LogP contribution in [0.3, 0.4) is 0 Å². The van der Waals surface area contributed by atoms with Crippen LogP contribution < -0.4 is 5.32 Å². The van der Waals surface area contributed by atoms with Crippen LogP contribution in [0.25, 0.3) is 0 Å². The van der Waals surface area contributed by atoms with Crippen LogP contribution >= 0.6 is 0 Å². The fraction of sp³-hybridized carbons (Fsp3) is 0.250. The van der Waals surface area contributed by atoms with Crippen molar-refractivity contribution in [2.75, 3.05) is 18.5 Å². The largest absolute Gasteiger partial charge is 0.462 e. The van der Waals surface area contributed by atoms with Crippen molar-refractivity contribution in [2.24, 2.45) is 0 Å². The van der Waals surface area contributed by atoms with E-state index in [9.17, 15) is 19.3 Å². The summed E-state index contributed by atoms with van der Waals surface area (Å²) < 4.78 is 18.3. The maximum absolute atomic E-state index is 13.6. The summed E-state index contributed by atoms with van der Waals surface area (Å²) in [6.07, 6.45) is 5.02. The molecule has 7 heteroatoms. The van der Waals surface area contributed by atoms with Gasteiger partial charge in [0, 0.05) is 0 Å². The lowest BCUT2D eigenvalue weighted by atomic mass is 10.1. The number of hydrogen-bond acceptors (Lipinski definition) is 5. The number of nitro groups is 1. The maximum Gasteiger partial charge on any atom is 0.345 e. The second kappa shape index (κ2) is 6.35. The normalized spacial score (nSPS) is 9.53. The molecule has 0 saturated carbocycles. The van der Waals surface area contributed by atoms with Gasteiger partial charge in [0.25, 0.3) is 5.69 Å². The number of carbonyl (C=O) groups is 1. The Morgan fingerprint density at radius 1 is 1.63 bits per heavy atom. The average molecular weight is 266 g/mol. The minimum atomic E-state index is -0.891. The smallest absolute Gasteiger partial charge is 0.345 e. The Labute approximate surface area is 108 Å². The van der Waals surface area contributed by atoms with Crippen LogP contribution in [0, 0.1) is 28.3 Å². The van der Waals surface area contributed by atoms with E-state index in [0.29, 0.717) is 6.07 Å². The minimum absolute atomic E-state index is 0.0248. The SMILES string of the molecule is C#CCNc1cc(C(=O)OCC)c([N+](=O)[O-])cc1F. The number of anilines is 1. The number of nitrogens with zero attached hydrogens (tertiary/aromatic N) is 1. The predicted molar refractivity (Wildman–Crippen MR) is 66.3 cm³/mol. The Morgan fingerprint density at radius 3 is 2.84 bits per heavy atom. The number of hydrogen-bond donors (Lipinski definition) is 1. The van der Waals surface area contributed by atoms with Gasteiger partial charge >= 0.3 is 5.97 Å². The van der Waals surface area contributed by atoms with Gasteiger partial charge in [-0.3, -0.25) is 10.1 Å². The first-order chi connectivity index (χ1) is 9.01. The van der Waals surface area contributed by atoms with E-state index in [0.717, 1.165) is 6.07 Å². The summed E-state index contributed by atoms with van der Waals surface area (Å²) in [6.45, 7) is 1.64. The van der Waals surface area contributed by atoms with Crippen molar-refractivity contribution in [3.8, 4) is 12.3 Å². The lowest BCUT2D eigenvalue weighted by molar-refractivity contribution is -0.385. The zero-order valence-electron chi connectivity index (χ0n) is 10.1. The highest BCUT2D eigenvalue weighted by atomic mass is 19.1. The van der Waals surface area contributed by atoms with Gasteiger partial charge in [-0.15, -0.1) is 6.42 Å². The molecule has 0 aliphatic rings. The molecular weight excluding hydrogens is 255 g/mol. The van der Waals surface area contributed by atoms with Gasteiger partial charge in [0.2, 0.25) is 0 Å². The molecule has 0 aliphatic carbocycles. The van der Waals surface area contributed by atoms with Gasteiger partial charge in [0.1, 0.15) is 5.56 Å². The third-order valence-electron chi connectivity index (χ3n) is 2.16. The van der Waals surface area contributed by atoms with Crippen molar-refractivity contribution in [2.45, 2.75) is 6.92 Å². The summed E-state index contributed by atoms with van der Waals surface area (Å²) in [7, 11) is 0. The molecule has 0 unspecified atom stereocenters. The number of esters is 1. The lowest BCUT2D eigenvalue weighted by Gasteiger charge is -2.08. The summed E-state index contributed by atoms with van der Waals surface area (Å²) >= 11 is 0. The number of rotatable bonds is 5. The number of terminal acetylenes is 1. The van der Waals surface area contributed by atoms with Crippen molar-refractivity contribution >= 4 is 17.3 Å². The molecule has 0 amide bonds. The van der Waals surface area contributed by atoms with Gasteiger partial charge in [-0.1, -0.05) is 5.92 Å². The fourth-order valence-electron chi connectivity index (χ4n) is 1.37. The monoisotopic (exact) mass is 266 g/mol. The first-order valence-corrected chi connectivity index (χ1v) is 5.33. The molecule has 0 radical (unpaired) electrons. The molecule has 1 aromatic carbocycles. The highest BCUT2D eigenvalue weighted by Crippen LogP contribution is 2.26. The number of carbonyl (C=O) groups excluding carboxylic acids is 1. The highest BCUT2D eigenvalue weighted by molar-refractivity contribution is 5.95. The molecule has 0 saturated heterocycles.